The van der Waals surface area contributed by atoms with Crippen LogP contribution in [0.3, 0.4) is 0 Å². The average Bonchev–Trinajstić information content (AvgIpc) is 2.90. The molecule has 1 aliphatic rings. The first-order chi connectivity index (χ1) is 9.29. The van der Waals surface area contributed by atoms with Crippen LogP contribution in [0, 0.1) is 0 Å². The first-order valence-corrected chi connectivity index (χ1v) is 7.16. The molecule has 0 bridgehead atoms. The molecule has 2 aromatic rings. The number of piperidine rings is 1. The van der Waals surface area contributed by atoms with E-state index in [1.165, 1.54) is 17.5 Å². The highest BCUT2D eigenvalue weighted by atomic mass is 16.2. The van der Waals surface area contributed by atoms with Gasteiger partial charge in [0.2, 0.25) is 5.91 Å². The molecule has 1 aromatic heterocycles. The summed E-state index contributed by atoms with van der Waals surface area (Å²) in [4.78, 5) is 17.6. The zero-order valence-corrected chi connectivity index (χ0v) is 11.4. The highest BCUT2D eigenvalue weighted by Gasteiger charge is 2.27. The van der Waals surface area contributed by atoms with Crippen LogP contribution < -0.4 is 0 Å². The monoisotopic (exact) mass is 256 g/mol. The Balaban J connectivity index is 1.95. The van der Waals surface area contributed by atoms with Gasteiger partial charge in [-0.2, -0.15) is 0 Å². The van der Waals surface area contributed by atoms with Crippen molar-refractivity contribution in [1.29, 1.82) is 0 Å². The summed E-state index contributed by atoms with van der Waals surface area (Å²) >= 11 is 0. The van der Waals surface area contributed by atoms with E-state index in [9.17, 15) is 4.79 Å². The van der Waals surface area contributed by atoms with Crippen LogP contribution in [-0.2, 0) is 4.79 Å². The van der Waals surface area contributed by atoms with Crippen LogP contribution in [0.4, 0.5) is 0 Å². The maximum absolute atomic E-state index is 12.1. The van der Waals surface area contributed by atoms with E-state index in [4.69, 9.17) is 0 Å². The van der Waals surface area contributed by atoms with Crippen molar-refractivity contribution in [3.63, 3.8) is 0 Å². The second-order valence-electron chi connectivity index (χ2n) is 5.26. The van der Waals surface area contributed by atoms with Crippen LogP contribution in [-0.4, -0.2) is 22.3 Å². The molecule has 1 N–H and O–H groups in total. The molecule has 2 heterocycles. The number of carbonyl (C=O) groups is 1. The van der Waals surface area contributed by atoms with Crippen LogP contribution in [0.5, 0.6) is 0 Å². The lowest BCUT2D eigenvalue weighted by Crippen LogP contribution is -2.38. The van der Waals surface area contributed by atoms with Gasteiger partial charge in [0.05, 0.1) is 6.04 Å². The van der Waals surface area contributed by atoms with Gasteiger partial charge in [-0.3, -0.25) is 4.79 Å². The summed E-state index contributed by atoms with van der Waals surface area (Å²) < 4.78 is 0. The van der Waals surface area contributed by atoms with Gasteiger partial charge in [0, 0.05) is 24.2 Å². The zero-order chi connectivity index (χ0) is 13.2. The van der Waals surface area contributed by atoms with E-state index in [0.717, 1.165) is 24.9 Å². The molecular weight excluding hydrogens is 236 g/mol. The molecule has 0 spiro atoms. The van der Waals surface area contributed by atoms with Gasteiger partial charge >= 0.3 is 0 Å². The molecule has 1 aromatic carbocycles. The fraction of sp³-hybridized carbons (Fsp3) is 0.438. The number of H-pyrrole nitrogens is 1. The van der Waals surface area contributed by atoms with E-state index < -0.39 is 0 Å². The number of amides is 1. The van der Waals surface area contributed by atoms with Gasteiger partial charge in [-0.25, -0.2) is 0 Å². The first-order valence-electron chi connectivity index (χ1n) is 7.16. The van der Waals surface area contributed by atoms with Crippen molar-refractivity contribution >= 4 is 16.8 Å². The van der Waals surface area contributed by atoms with Crippen molar-refractivity contribution < 1.29 is 4.79 Å². The van der Waals surface area contributed by atoms with E-state index in [-0.39, 0.29) is 11.9 Å². The molecule has 0 radical (unpaired) electrons. The SMILES string of the molecule is CCC(=O)N1CCCCC1c1cc2ccccc2[nH]1. The Bertz CT molecular complexity index is 554. The number of para-hydroxylation sites is 1. The largest absolute Gasteiger partial charge is 0.357 e. The van der Waals surface area contributed by atoms with Crippen molar-refractivity contribution in [1.82, 2.24) is 9.88 Å². The molecular formula is C16H20N2O. The Hall–Kier alpha value is -1.77. The van der Waals surface area contributed by atoms with Crippen LogP contribution >= 0.6 is 0 Å². The number of likely N-dealkylation sites (tertiary alicyclic amines) is 1. The number of carbonyl (C=O) groups excluding carboxylic acids is 1. The number of nitrogens with one attached hydrogen (secondary N) is 1. The highest BCUT2D eigenvalue weighted by Crippen LogP contribution is 2.32. The van der Waals surface area contributed by atoms with E-state index in [2.05, 4.69) is 29.2 Å². The van der Waals surface area contributed by atoms with Crippen LogP contribution in [0.2, 0.25) is 0 Å². The summed E-state index contributed by atoms with van der Waals surface area (Å²) in [6.07, 6.45) is 3.99. The summed E-state index contributed by atoms with van der Waals surface area (Å²) in [6, 6.07) is 10.7. The number of benzene rings is 1. The summed E-state index contributed by atoms with van der Waals surface area (Å²) in [5.41, 5.74) is 2.34. The number of aromatic nitrogens is 1. The van der Waals surface area contributed by atoms with Gasteiger partial charge in [-0.1, -0.05) is 25.1 Å². The van der Waals surface area contributed by atoms with Gasteiger partial charge in [0.15, 0.2) is 0 Å². The molecule has 3 rings (SSSR count). The van der Waals surface area contributed by atoms with Crippen LogP contribution in [0.25, 0.3) is 10.9 Å². The lowest BCUT2D eigenvalue weighted by atomic mass is 9.99. The maximum atomic E-state index is 12.1. The molecule has 100 valence electrons. The molecule has 1 atom stereocenters. The minimum atomic E-state index is 0.230. The zero-order valence-electron chi connectivity index (χ0n) is 11.4. The molecule has 19 heavy (non-hydrogen) atoms. The third-order valence-electron chi connectivity index (χ3n) is 4.04. The van der Waals surface area contributed by atoms with Gasteiger partial charge in [0.25, 0.3) is 0 Å². The summed E-state index contributed by atoms with van der Waals surface area (Å²) in [5.74, 6) is 0.267. The topological polar surface area (TPSA) is 36.1 Å². The standard InChI is InChI=1S/C16H20N2O/c1-2-16(19)18-10-6-5-9-15(18)14-11-12-7-3-4-8-13(12)17-14/h3-4,7-8,11,15,17H,2,5-6,9-10H2,1H3. The number of aromatic amines is 1. The third-order valence-corrected chi connectivity index (χ3v) is 4.04. The Kier molecular flexibility index (Phi) is 3.28. The summed E-state index contributed by atoms with van der Waals surface area (Å²) in [7, 11) is 0. The number of rotatable bonds is 2. The lowest BCUT2D eigenvalue weighted by Gasteiger charge is -2.35. The predicted octanol–water partition coefficient (Wildman–Crippen LogP) is 3.63. The number of nitrogens with zero attached hydrogens (tertiary/aromatic N) is 1. The predicted molar refractivity (Wildman–Crippen MR) is 76.9 cm³/mol. The molecule has 1 amide bonds. The molecule has 1 saturated heterocycles. The molecule has 1 fully saturated rings. The smallest absolute Gasteiger partial charge is 0.222 e. The molecule has 3 heteroatoms. The summed E-state index contributed by atoms with van der Waals surface area (Å²) in [5, 5.41) is 1.23. The first kappa shape index (κ1) is 12.3. The number of hydrogen-bond donors (Lipinski definition) is 1. The minimum absolute atomic E-state index is 0.230. The van der Waals surface area contributed by atoms with E-state index in [0.29, 0.717) is 6.42 Å². The fourth-order valence-electron chi connectivity index (χ4n) is 3.03. The fourth-order valence-corrected chi connectivity index (χ4v) is 3.03. The molecule has 1 aliphatic heterocycles. The van der Waals surface area contributed by atoms with Crippen molar-refractivity contribution in [2.45, 2.75) is 38.6 Å². The molecule has 1 unspecified atom stereocenters. The molecule has 0 aliphatic carbocycles. The van der Waals surface area contributed by atoms with Crippen molar-refractivity contribution in [3.8, 4) is 0 Å². The lowest BCUT2D eigenvalue weighted by molar-refractivity contribution is -0.134. The summed E-state index contributed by atoms with van der Waals surface area (Å²) in [6.45, 7) is 2.84. The second-order valence-corrected chi connectivity index (χ2v) is 5.26. The van der Waals surface area contributed by atoms with E-state index in [1.807, 2.05) is 17.9 Å². The Labute approximate surface area is 113 Å². The van der Waals surface area contributed by atoms with E-state index >= 15 is 0 Å². The Morgan fingerprint density at radius 2 is 2.21 bits per heavy atom. The third kappa shape index (κ3) is 2.25. The maximum Gasteiger partial charge on any atom is 0.222 e. The van der Waals surface area contributed by atoms with Gasteiger partial charge < -0.3 is 9.88 Å². The van der Waals surface area contributed by atoms with Crippen LogP contribution in [0.15, 0.2) is 30.3 Å². The second kappa shape index (κ2) is 5.08. The van der Waals surface area contributed by atoms with Crippen molar-refractivity contribution in [2.24, 2.45) is 0 Å². The van der Waals surface area contributed by atoms with Crippen molar-refractivity contribution in [2.75, 3.05) is 6.54 Å². The van der Waals surface area contributed by atoms with Gasteiger partial charge in [-0.15, -0.1) is 0 Å². The highest BCUT2D eigenvalue weighted by molar-refractivity contribution is 5.81. The van der Waals surface area contributed by atoms with Crippen molar-refractivity contribution in [3.05, 3.63) is 36.0 Å². The number of hydrogen-bond acceptors (Lipinski definition) is 1. The average molecular weight is 256 g/mol. The minimum Gasteiger partial charge on any atom is -0.357 e. The Morgan fingerprint density at radius 1 is 1.37 bits per heavy atom. The molecule has 3 nitrogen and oxygen atoms in total. The number of fused-ring (bicyclic) bond motifs is 1. The van der Waals surface area contributed by atoms with Gasteiger partial charge in [0.1, 0.15) is 0 Å². The Morgan fingerprint density at radius 3 is 3.00 bits per heavy atom. The van der Waals surface area contributed by atoms with Gasteiger partial charge in [-0.05, 0) is 36.8 Å². The molecule has 0 saturated carbocycles. The quantitative estimate of drug-likeness (QED) is 0.875. The van der Waals surface area contributed by atoms with Crippen LogP contribution in [0.1, 0.15) is 44.3 Å². The van der Waals surface area contributed by atoms with E-state index in [1.54, 1.807) is 0 Å². The normalized spacial score (nSPS) is 19.8.